The largest absolute Gasteiger partial charge is 0.339 e. The summed E-state index contributed by atoms with van der Waals surface area (Å²) in [6, 6.07) is 4.91. The fraction of sp³-hybridized carbons (Fsp3) is 0.611. The molecule has 1 aromatic carbocycles. The standard InChI is InChI=1S/C18H28N2O3S2/c1-5-20(6-2)25(22,23)15-7-8-17(24-4)16(13-15)18(21)19-11-9-14(3)10-12-19/h7-8,13-14H,5-6,9-12H2,1-4H3. The third kappa shape index (κ3) is 4.38. The highest BCUT2D eigenvalue weighted by Gasteiger charge is 2.27. The lowest BCUT2D eigenvalue weighted by Gasteiger charge is -2.31. The summed E-state index contributed by atoms with van der Waals surface area (Å²) in [5.41, 5.74) is 0.496. The molecule has 0 atom stereocenters. The van der Waals surface area contributed by atoms with E-state index in [2.05, 4.69) is 6.92 Å². The lowest BCUT2D eigenvalue weighted by molar-refractivity contribution is 0.0693. The van der Waals surface area contributed by atoms with Crippen molar-refractivity contribution >= 4 is 27.7 Å². The fourth-order valence-electron chi connectivity index (χ4n) is 3.11. The van der Waals surface area contributed by atoms with Crippen LogP contribution in [0.3, 0.4) is 0 Å². The van der Waals surface area contributed by atoms with Crippen molar-refractivity contribution in [2.45, 2.75) is 43.4 Å². The highest BCUT2D eigenvalue weighted by molar-refractivity contribution is 7.98. The maximum atomic E-state index is 13.0. The van der Waals surface area contributed by atoms with Crippen LogP contribution in [0.15, 0.2) is 28.0 Å². The number of nitrogens with zero attached hydrogens (tertiary/aromatic N) is 2. The van der Waals surface area contributed by atoms with Gasteiger partial charge in [-0.05, 0) is 43.2 Å². The molecular weight excluding hydrogens is 356 g/mol. The summed E-state index contributed by atoms with van der Waals surface area (Å²) < 4.78 is 27.0. The van der Waals surface area contributed by atoms with E-state index < -0.39 is 10.0 Å². The lowest BCUT2D eigenvalue weighted by Crippen LogP contribution is -2.38. The number of carbonyl (C=O) groups is 1. The maximum Gasteiger partial charge on any atom is 0.255 e. The van der Waals surface area contributed by atoms with Gasteiger partial charge in [-0.25, -0.2) is 8.42 Å². The van der Waals surface area contributed by atoms with Crippen LogP contribution < -0.4 is 0 Å². The summed E-state index contributed by atoms with van der Waals surface area (Å²) in [7, 11) is -3.57. The average Bonchev–Trinajstić information content (AvgIpc) is 2.62. The number of amides is 1. The van der Waals surface area contributed by atoms with E-state index >= 15 is 0 Å². The highest BCUT2D eigenvalue weighted by Crippen LogP contribution is 2.28. The number of hydrogen-bond acceptors (Lipinski definition) is 4. The predicted octanol–water partition coefficient (Wildman–Crippen LogP) is 3.31. The average molecular weight is 385 g/mol. The molecular formula is C18H28N2O3S2. The van der Waals surface area contributed by atoms with Crippen molar-refractivity contribution in [1.29, 1.82) is 0 Å². The lowest BCUT2D eigenvalue weighted by atomic mass is 9.98. The summed E-state index contributed by atoms with van der Waals surface area (Å²) in [6.45, 7) is 8.14. The number of rotatable bonds is 6. The van der Waals surface area contributed by atoms with E-state index in [-0.39, 0.29) is 10.8 Å². The molecule has 1 amide bonds. The van der Waals surface area contributed by atoms with Crippen LogP contribution in [0.5, 0.6) is 0 Å². The van der Waals surface area contributed by atoms with Crippen LogP contribution in [0.4, 0.5) is 0 Å². The van der Waals surface area contributed by atoms with Gasteiger partial charge < -0.3 is 4.90 Å². The molecule has 1 aliphatic heterocycles. The van der Waals surface area contributed by atoms with Gasteiger partial charge in [0.2, 0.25) is 10.0 Å². The van der Waals surface area contributed by atoms with Crippen molar-refractivity contribution in [3.63, 3.8) is 0 Å². The van der Waals surface area contributed by atoms with Crippen LogP contribution in [0.25, 0.3) is 0 Å². The quantitative estimate of drug-likeness (QED) is 0.706. The van der Waals surface area contributed by atoms with Crippen LogP contribution in [-0.2, 0) is 10.0 Å². The van der Waals surface area contributed by atoms with Gasteiger partial charge in [0, 0.05) is 31.1 Å². The van der Waals surface area contributed by atoms with E-state index in [0.29, 0.717) is 24.6 Å². The molecule has 1 aromatic rings. The molecule has 7 heteroatoms. The van der Waals surface area contributed by atoms with E-state index in [1.54, 1.807) is 18.2 Å². The van der Waals surface area contributed by atoms with E-state index in [4.69, 9.17) is 0 Å². The van der Waals surface area contributed by atoms with Crippen LogP contribution in [0.2, 0.25) is 0 Å². The van der Waals surface area contributed by atoms with Crippen molar-refractivity contribution in [2.24, 2.45) is 5.92 Å². The van der Waals surface area contributed by atoms with Crippen LogP contribution in [-0.4, -0.2) is 56.0 Å². The summed E-state index contributed by atoms with van der Waals surface area (Å²) in [6.07, 6.45) is 3.90. The highest BCUT2D eigenvalue weighted by atomic mass is 32.2. The monoisotopic (exact) mass is 384 g/mol. The van der Waals surface area contributed by atoms with Crippen molar-refractivity contribution in [1.82, 2.24) is 9.21 Å². The van der Waals surface area contributed by atoms with Gasteiger partial charge in [-0.1, -0.05) is 20.8 Å². The Bertz CT molecular complexity index is 707. The number of sulfonamides is 1. The Morgan fingerprint density at radius 3 is 2.36 bits per heavy atom. The molecule has 25 heavy (non-hydrogen) atoms. The summed E-state index contributed by atoms with van der Waals surface area (Å²) in [5, 5.41) is 0. The number of carbonyl (C=O) groups excluding carboxylic acids is 1. The number of benzene rings is 1. The van der Waals surface area contributed by atoms with Gasteiger partial charge in [-0.3, -0.25) is 4.79 Å². The molecule has 5 nitrogen and oxygen atoms in total. The second-order valence-electron chi connectivity index (χ2n) is 6.43. The first kappa shape index (κ1) is 20.3. The molecule has 0 unspecified atom stereocenters. The van der Waals surface area contributed by atoms with E-state index in [0.717, 1.165) is 30.8 Å². The molecule has 2 rings (SSSR count). The second kappa shape index (κ2) is 8.56. The molecule has 1 saturated heterocycles. The summed E-state index contributed by atoms with van der Waals surface area (Å²) in [4.78, 5) is 15.8. The maximum absolute atomic E-state index is 13.0. The minimum absolute atomic E-state index is 0.0622. The van der Waals surface area contributed by atoms with Crippen LogP contribution in [0, 0.1) is 5.92 Å². The summed E-state index contributed by atoms with van der Waals surface area (Å²) >= 11 is 1.47. The van der Waals surface area contributed by atoms with Gasteiger partial charge in [-0.2, -0.15) is 4.31 Å². The molecule has 0 spiro atoms. The first-order valence-corrected chi connectivity index (χ1v) is 11.5. The van der Waals surface area contributed by atoms with Crippen molar-refractivity contribution < 1.29 is 13.2 Å². The third-order valence-electron chi connectivity index (χ3n) is 4.82. The Hall–Kier alpha value is -1.05. The van der Waals surface area contributed by atoms with Gasteiger partial charge >= 0.3 is 0 Å². The van der Waals surface area contributed by atoms with Crippen molar-refractivity contribution in [3.8, 4) is 0 Å². The molecule has 1 fully saturated rings. The topological polar surface area (TPSA) is 57.7 Å². The minimum Gasteiger partial charge on any atom is -0.339 e. The molecule has 0 radical (unpaired) electrons. The second-order valence-corrected chi connectivity index (χ2v) is 9.21. The Morgan fingerprint density at radius 2 is 1.84 bits per heavy atom. The molecule has 140 valence electrons. The molecule has 0 saturated carbocycles. The normalized spacial score (nSPS) is 16.4. The Kier molecular flexibility index (Phi) is 6.93. The van der Waals surface area contributed by atoms with Crippen LogP contribution in [0.1, 0.15) is 44.0 Å². The third-order valence-corrected chi connectivity index (χ3v) is 7.66. The molecule has 1 aliphatic rings. The fourth-order valence-corrected chi connectivity index (χ4v) is 5.16. The molecule has 0 bridgehead atoms. The zero-order chi connectivity index (χ0) is 18.6. The Balaban J connectivity index is 2.39. The summed E-state index contributed by atoms with van der Waals surface area (Å²) in [5.74, 6) is 0.575. The van der Waals surface area contributed by atoms with Gasteiger partial charge in [-0.15, -0.1) is 11.8 Å². The van der Waals surface area contributed by atoms with Crippen LogP contribution >= 0.6 is 11.8 Å². The molecule has 0 aliphatic carbocycles. The zero-order valence-electron chi connectivity index (χ0n) is 15.5. The number of likely N-dealkylation sites (tertiary alicyclic amines) is 1. The van der Waals surface area contributed by atoms with E-state index in [1.165, 1.54) is 16.1 Å². The van der Waals surface area contributed by atoms with Gasteiger partial charge in [0.05, 0.1) is 10.5 Å². The van der Waals surface area contributed by atoms with E-state index in [9.17, 15) is 13.2 Å². The SMILES string of the molecule is CCN(CC)S(=O)(=O)c1ccc(SC)c(C(=O)N2CCC(C)CC2)c1. The van der Waals surface area contributed by atoms with E-state index in [1.807, 2.05) is 25.0 Å². The minimum atomic E-state index is -3.57. The zero-order valence-corrected chi connectivity index (χ0v) is 17.1. The number of thioether (sulfide) groups is 1. The first-order valence-electron chi connectivity index (χ1n) is 8.82. The smallest absolute Gasteiger partial charge is 0.255 e. The van der Waals surface area contributed by atoms with Gasteiger partial charge in [0.15, 0.2) is 0 Å². The van der Waals surface area contributed by atoms with Gasteiger partial charge in [0.1, 0.15) is 0 Å². The molecule has 1 heterocycles. The van der Waals surface area contributed by atoms with Gasteiger partial charge in [0.25, 0.3) is 5.91 Å². The first-order chi connectivity index (χ1) is 11.8. The molecule has 0 N–H and O–H groups in total. The molecule has 0 aromatic heterocycles. The number of hydrogen-bond donors (Lipinski definition) is 0. The Labute approximate surface area is 155 Å². The Morgan fingerprint density at radius 1 is 1.24 bits per heavy atom. The predicted molar refractivity (Wildman–Crippen MR) is 103 cm³/mol. The van der Waals surface area contributed by atoms with Crippen molar-refractivity contribution in [2.75, 3.05) is 32.4 Å². The van der Waals surface area contributed by atoms with Crippen molar-refractivity contribution in [3.05, 3.63) is 23.8 Å². The number of piperidine rings is 1.